The first kappa shape index (κ1) is 21.3. The molecule has 6 heteroatoms. The van der Waals surface area contributed by atoms with Crippen LogP contribution in [0.5, 0.6) is 0 Å². The van der Waals surface area contributed by atoms with Gasteiger partial charge in [-0.05, 0) is 38.1 Å². The first-order chi connectivity index (χ1) is 16.0. The van der Waals surface area contributed by atoms with E-state index in [1.807, 2.05) is 49.4 Å². The van der Waals surface area contributed by atoms with Crippen LogP contribution in [0.4, 0.5) is 11.5 Å². The second-order valence-electron chi connectivity index (χ2n) is 7.80. The molecule has 0 bridgehead atoms. The van der Waals surface area contributed by atoms with Crippen LogP contribution in [0.25, 0.3) is 33.1 Å². The summed E-state index contributed by atoms with van der Waals surface area (Å²) in [6.07, 6.45) is 0. The summed E-state index contributed by atoms with van der Waals surface area (Å²) in [6.45, 7) is 3.99. The molecule has 0 aliphatic heterocycles. The van der Waals surface area contributed by atoms with E-state index in [1.165, 1.54) is 5.56 Å². The Balaban J connectivity index is 1.34. The number of hydrogen-bond donors (Lipinski definition) is 1. The van der Waals surface area contributed by atoms with E-state index in [0.29, 0.717) is 0 Å². The van der Waals surface area contributed by atoms with Gasteiger partial charge in [0.05, 0.1) is 11.4 Å². The molecule has 0 saturated carbocycles. The van der Waals surface area contributed by atoms with Crippen molar-refractivity contribution in [2.24, 2.45) is 0 Å². The molecule has 0 unspecified atom stereocenters. The maximum absolute atomic E-state index is 6.00. The molecular formula is C27H21ClN4S. The summed E-state index contributed by atoms with van der Waals surface area (Å²) < 4.78 is 0. The lowest BCUT2D eigenvalue weighted by molar-refractivity contribution is 1.06. The summed E-state index contributed by atoms with van der Waals surface area (Å²) in [5, 5.41) is 7.18. The molecule has 4 nitrogen and oxygen atoms in total. The van der Waals surface area contributed by atoms with Gasteiger partial charge in [-0.2, -0.15) is 0 Å². The molecule has 0 atom stereocenters. The number of hydrogen-bond acceptors (Lipinski definition) is 5. The van der Waals surface area contributed by atoms with E-state index >= 15 is 0 Å². The highest BCUT2D eigenvalue weighted by Gasteiger charge is 2.08. The molecule has 3 aromatic carbocycles. The van der Waals surface area contributed by atoms with Crippen LogP contribution in [0.2, 0.25) is 5.02 Å². The molecule has 1 N–H and O–H groups in total. The van der Waals surface area contributed by atoms with Crippen LogP contribution in [0, 0.1) is 13.8 Å². The third kappa shape index (κ3) is 4.95. The van der Waals surface area contributed by atoms with Crippen molar-refractivity contribution in [2.45, 2.75) is 13.8 Å². The van der Waals surface area contributed by atoms with Gasteiger partial charge in [0.1, 0.15) is 16.6 Å². The average Bonchev–Trinajstić information content (AvgIpc) is 3.30. The molecule has 0 aliphatic rings. The Morgan fingerprint density at radius 3 is 2.06 bits per heavy atom. The molecule has 162 valence electrons. The van der Waals surface area contributed by atoms with Gasteiger partial charge in [0.15, 0.2) is 0 Å². The maximum Gasteiger partial charge on any atom is 0.134 e. The number of nitrogens with zero attached hydrogens (tertiary/aromatic N) is 3. The van der Waals surface area contributed by atoms with Crippen LogP contribution < -0.4 is 5.32 Å². The average molecular weight is 469 g/mol. The van der Waals surface area contributed by atoms with Gasteiger partial charge in [-0.25, -0.2) is 15.0 Å². The van der Waals surface area contributed by atoms with E-state index in [1.54, 1.807) is 11.3 Å². The Hall–Kier alpha value is -3.54. The van der Waals surface area contributed by atoms with Crippen molar-refractivity contribution in [1.82, 2.24) is 15.0 Å². The van der Waals surface area contributed by atoms with Crippen LogP contribution in [-0.2, 0) is 0 Å². The summed E-state index contributed by atoms with van der Waals surface area (Å²) >= 11 is 7.62. The molecule has 0 saturated heterocycles. The number of rotatable bonds is 5. The smallest absolute Gasteiger partial charge is 0.134 e. The predicted molar refractivity (Wildman–Crippen MR) is 138 cm³/mol. The third-order valence-corrected chi connectivity index (χ3v) is 6.38. The fourth-order valence-electron chi connectivity index (χ4n) is 3.51. The molecule has 33 heavy (non-hydrogen) atoms. The number of nitrogens with one attached hydrogen (secondary N) is 1. The Kier molecular flexibility index (Phi) is 5.90. The molecule has 2 aromatic heterocycles. The summed E-state index contributed by atoms with van der Waals surface area (Å²) in [5.74, 6) is 1.49. The van der Waals surface area contributed by atoms with Crippen LogP contribution in [0.3, 0.4) is 0 Å². The summed E-state index contributed by atoms with van der Waals surface area (Å²) in [7, 11) is 0. The molecule has 0 spiro atoms. The van der Waals surface area contributed by atoms with Crippen molar-refractivity contribution < 1.29 is 0 Å². The molecular weight excluding hydrogens is 448 g/mol. The molecule has 0 aliphatic carbocycles. The zero-order valence-corrected chi connectivity index (χ0v) is 19.8. The van der Waals surface area contributed by atoms with Crippen LogP contribution in [-0.4, -0.2) is 15.0 Å². The minimum Gasteiger partial charge on any atom is -0.340 e. The highest BCUT2D eigenvalue weighted by molar-refractivity contribution is 7.13. The Bertz CT molecular complexity index is 1390. The van der Waals surface area contributed by atoms with E-state index in [-0.39, 0.29) is 0 Å². The standard InChI is InChI=1S/C27H21ClN4S/c1-17-3-5-19(6-4-17)24-15-26(30-18(2)29-24)31-23-13-9-20(10-14-23)25-16-33-27(32-25)21-7-11-22(28)12-8-21/h3-16H,1-2H3,(H,29,30,31). The summed E-state index contributed by atoms with van der Waals surface area (Å²) in [6, 6.07) is 26.3. The van der Waals surface area contributed by atoms with Gasteiger partial charge in [0.2, 0.25) is 0 Å². The van der Waals surface area contributed by atoms with Gasteiger partial charge in [0, 0.05) is 38.8 Å². The SMILES string of the molecule is Cc1ccc(-c2cc(Nc3ccc(-c4csc(-c5ccc(Cl)cc5)n4)cc3)nc(C)n2)cc1. The maximum atomic E-state index is 6.00. The van der Waals surface area contributed by atoms with Gasteiger partial charge in [-0.1, -0.05) is 65.7 Å². The van der Waals surface area contributed by atoms with Crippen LogP contribution in [0.15, 0.2) is 84.2 Å². The molecule has 0 fully saturated rings. The third-order valence-electron chi connectivity index (χ3n) is 5.23. The normalized spacial score (nSPS) is 10.9. The minimum atomic E-state index is 0.725. The number of halogens is 1. The van der Waals surface area contributed by atoms with Gasteiger partial charge in [0.25, 0.3) is 0 Å². The van der Waals surface area contributed by atoms with Crippen molar-refractivity contribution in [3.63, 3.8) is 0 Å². The Morgan fingerprint density at radius 1 is 0.697 bits per heavy atom. The van der Waals surface area contributed by atoms with Gasteiger partial charge < -0.3 is 5.32 Å². The zero-order valence-electron chi connectivity index (χ0n) is 18.2. The number of benzene rings is 3. The lowest BCUT2D eigenvalue weighted by Crippen LogP contribution is -1.99. The van der Waals surface area contributed by atoms with E-state index in [9.17, 15) is 0 Å². The van der Waals surface area contributed by atoms with Crippen molar-refractivity contribution in [2.75, 3.05) is 5.32 Å². The quantitative estimate of drug-likeness (QED) is 0.284. The Morgan fingerprint density at radius 2 is 1.33 bits per heavy atom. The van der Waals surface area contributed by atoms with Crippen molar-refractivity contribution in [3.05, 3.63) is 101 Å². The molecule has 2 heterocycles. The lowest BCUT2D eigenvalue weighted by Gasteiger charge is -2.09. The van der Waals surface area contributed by atoms with Crippen molar-refractivity contribution in [3.8, 4) is 33.1 Å². The summed E-state index contributed by atoms with van der Waals surface area (Å²) in [5.41, 5.74) is 7.25. The van der Waals surface area contributed by atoms with Crippen LogP contribution >= 0.6 is 22.9 Å². The van der Waals surface area contributed by atoms with Gasteiger partial charge >= 0.3 is 0 Å². The number of aromatic nitrogens is 3. The topological polar surface area (TPSA) is 50.7 Å². The molecule has 0 amide bonds. The molecule has 5 aromatic rings. The fraction of sp³-hybridized carbons (Fsp3) is 0.0741. The molecule has 5 rings (SSSR count). The monoisotopic (exact) mass is 468 g/mol. The lowest BCUT2D eigenvalue weighted by atomic mass is 10.1. The van der Waals surface area contributed by atoms with E-state index in [2.05, 4.69) is 64.0 Å². The van der Waals surface area contributed by atoms with Crippen LogP contribution in [0.1, 0.15) is 11.4 Å². The van der Waals surface area contributed by atoms with E-state index in [0.717, 1.165) is 55.4 Å². The zero-order chi connectivity index (χ0) is 22.8. The number of thiazole rings is 1. The highest BCUT2D eigenvalue weighted by Crippen LogP contribution is 2.30. The van der Waals surface area contributed by atoms with Crippen molar-refractivity contribution in [1.29, 1.82) is 0 Å². The number of anilines is 2. The fourth-order valence-corrected chi connectivity index (χ4v) is 4.47. The minimum absolute atomic E-state index is 0.725. The number of aryl methyl sites for hydroxylation is 2. The van der Waals surface area contributed by atoms with E-state index < -0.39 is 0 Å². The predicted octanol–water partition coefficient (Wildman–Crippen LogP) is 7.95. The van der Waals surface area contributed by atoms with E-state index in [4.69, 9.17) is 16.6 Å². The first-order valence-corrected chi connectivity index (χ1v) is 11.8. The van der Waals surface area contributed by atoms with Gasteiger partial charge in [-0.3, -0.25) is 0 Å². The molecule has 0 radical (unpaired) electrons. The second-order valence-corrected chi connectivity index (χ2v) is 9.09. The second kappa shape index (κ2) is 9.14. The largest absolute Gasteiger partial charge is 0.340 e. The summed E-state index contributed by atoms with van der Waals surface area (Å²) in [4.78, 5) is 13.9. The highest BCUT2D eigenvalue weighted by atomic mass is 35.5. The Labute approximate surface area is 202 Å². The van der Waals surface area contributed by atoms with Crippen molar-refractivity contribution >= 4 is 34.4 Å². The first-order valence-electron chi connectivity index (χ1n) is 10.6. The van der Waals surface area contributed by atoms with Gasteiger partial charge in [-0.15, -0.1) is 11.3 Å².